The van der Waals surface area contributed by atoms with E-state index < -0.39 is 23.3 Å². The number of halogens is 3. The zero-order chi connectivity index (χ0) is 18.2. The van der Waals surface area contributed by atoms with Gasteiger partial charge in [-0.1, -0.05) is 22.9 Å². The minimum Gasteiger partial charge on any atom is -0.368 e. The number of hydrogen-bond donors (Lipinski definition) is 0. The number of amides is 1. The number of hydrogen-bond acceptors (Lipinski definition) is 4. The lowest BCUT2D eigenvalue weighted by Crippen LogP contribution is -2.49. The number of carbonyl (C=O) groups excluding carboxylic acids is 1. The summed E-state index contributed by atoms with van der Waals surface area (Å²) >= 11 is 0. The maximum atomic E-state index is 12.9. The number of benzene rings is 1. The first kappa shape index (κ1) is 17.3. The van der Waals surface area contributed by atoms with Crippen molar-refractivity contribution in [3.8, 4) is 0 Å². The number of piperazine rings is 1. The molecule has 0 unspecified atom stereocenters. The highest BCUT2D eigenvalue weighted by molar-refractivity contribution is 5.95. The lowest BCUT2D eigenvalue weighted by Gasteiger charge is -2.36. The van der Waals surface area contributed by atoms with E-state index in [0.29, 0.717) is 26.2 Å². The normalized spacial score (nSPS) is 15.6. The van der Waals surface area contributed by atoms with Crippen LogP contribution < -0.4 is 4.90 Å². The highest BCUT2D eigenvalue weighted by atomic mass is 19.4. The smallest absolute Gasteiger partial charge is 0.368 e. The Kier molecular flexibility index (Phi) is 4.45. The molecule has 0 N–H and O–H groups in total. The topological polar surface area (TPSA) is 49.6 Å². The van der Waals surface area contributed by atoms with Gasteiger partial charge in [-0.3, -0.25) is 4.79 Å². The van der Waals surface area contributed by atoms with E-state index in [2.05, 4.69) is 20.6 Å². The van der Waals surface area contributed by atoms with E-state index in [1.807, 2.05) is 26.0 Å². The number of anilines is 1. The van der Waals surface area contributed by atoms with Crippen LogP contribution in [0.5, 0.6) is 0 Å². The zero-order valence-corrected chi connectivity index (χ0v) is 13.9. The van der Waals surface area contributed by atoms with E-state index in [0.717, 1.165) is 17.5 Å². The standard InChI is InChI=1S/C17H18F3N3O2/c1-11-3-4-14(12(2)9-11)22-5-7-23(8-6-22)16(24)13-10-25-21-15(13)17(18,19)20/h3-4,9-10H,5-8H2,1-2H3. The summed E-state index contributed by atoms with van der Waals surface area (Å²) in [6.45, 7) is 5.84. The molecule has 1 aliphatic heterocycles. The van der Waals surface area contributed by atoms with Gasteiger partial charge in [0.05, 0.1) is 0 Å². The SMILES string of the molecule is Cc1ccc(N2CCN(C(=O)c3conc3C(F)(F)F)CC2)c(C)c1. The molecule has 1 saturated heterocycles. The summed E-state index contributed by atoms with van der Waals surface area (Å²) in [5.41, 5.74) is 1.58. The van der Waals surface area contributed by atoms with Gasteiger partial charge in [0.1, 0.15) is 11.8 Å². The van der Waals surface area contributed by atoms with Crippen LogP contribution in [0, 0.1) is 13.8 Å². The minimum atomic E-state index is -4.71. The summed E-state index contributed by atoms with van der Waals surface area (Å²) in [6.07, 6.45) is -3.94. The fourth-order valence-electron chi connectivity index (χ4n) is 3.07. The van der Waals surface area contributed by atoms with Crippen LogP contribution in [0.3, 0.4) is 0 Å². The Hall–Kier alpha value is -2.51. The molecule has 0 aliphatic carbocycles. The first-order valence-corrected chi connectivity index (χ1v) is 7.90. The monoisotopic (exact) mass is 353 g/mol. The molecule has 1 aromatic heterocycles. The van der Waals surface area contributed by atoms with Crippen molar-refractivity contribution >= 4 is 11.6 Å². The number of carbonyl (C=O) groups is 1. The molecule has 0 saturated carbocycles. The van der Waals surface area contributed by atoms with E-state index in [1.165, 1.54) is 10.5 Å². The van der Waals surface area contributed by atoms with Crippen molar-refractivity contribution in [2.45, 2.75) is 20.0 Å². The Morgan fingerprint density at radius 2 is 1.84 bits per heavy atom. The van der Waals surface area contributed by atoms with Crippen molar-refractivity contribution in [1.29, 1.82) is 0 Å². The van der Waals surface area contributed by atoms with Crippen molar-refractivity contribution in [3.63, 3.8) is 0 Å². The van der Waals surface area contributed by atoms with Crippen LogP contribution in [-0.4, -0.2) is 42.1 Å². The Balaban J connectivity index is 1.70. The van der Waals surface area contributed by atoms with Crippen molar-refractivity contribution in [1.82, 2.24) is 10.1 Å². The molecule has 2 heterocycles. The van der Waals surface area contributed by atoms with Crippen LogP contribution in [0.1, 0.15) is 27.2 Å². The molecule has 1 aromatic carbocycles. The third kappa shape index (κ3) is 3.47. The molecule has 0 atom stereocenters. The molecular weight excluding hydrogens is 335 g/mol. The molecule has 3 rings (SSSR count). The summed E-state index contributed by atoms with van der Waals surface area (Å²) in [5.74, 6) is -0.700. The quantitative estimate of drug-likeness (QED) is 0.831. The lowest BCUT2D eigenvalue weighted by molar-refractivity contribution is -0.143. The van der Waals surface area contributed by atoms with E-state index >= 15 is 0 Å². The number of nitrogens with zero attached hydrogens (tertiary/aromatic N) is 3. The molecule has 1 amide bonds. The second kappa shape index (κ2) is 6.42. The summed E-state index contributed by atoms with van der Waals surface area (Å²) in [6, 6.07) is 6.14. The fraction of sp³-hybridized carbons (Fsp3) is 0.412. The molecule has 8 heteroatoms. The molecule has 1 fully saturated rings. The third-order valence-electron chi connectivity index (χ3n) is 4.33. The Morgan fingerprint density at radius 3 is 2.44 bits per heavy atom. The Bertz CT molecular complexity index is 778. The summed E-state index contributed by atoms with van der Waals surface area (Å²) < 4.78 is 43.0. The van der Waals surface area contributed by atoms with Crippen LogP contribution in [0.25, 0.3) is 0 Å². The number of aromatic nitrogens is 1. The van der Waals surface area contributed by atoms with Gasteiger partial charge in [-0.2, -0.15) is 13.2 Å². The van der Waals surface area contributed by atoms with Crippen molar-refractivity contribution in [3.05, 3.63) is 46.8 Å². The average molecular weight is 353 g/mol. The zero-order valence-electron chi connectivity index (χ0n) is 13.9. The molecule has 0 bridgehead atoms. The van der Waals surface area contributed by atoms with Gasteiger partial charge in [0.15, 0.2) is 5.69 Å². The van der Waals surface area contributed by atoms with E-state index in [-0.39, 0.29) is 0 Å². The lowest BCUT2D eigenvalue weighted by atomic mass is 10.1. The van der Waals surface area contributed by atoms with Gasteiger partial charge in [-0.15, -0.1) is 0 Å². The van der Waals surface area contributed by atoms with Crippen molar-refractivity contribution in [2.75, 3.05) is 31.1 Å². The second-order valence-corrected chi connectivity index (χ2v) is 6.14. The molecule has 1 aliphatic rings. The highest BCUT2D eigenvalue weighted by Crippen LogP contribution is 2.31. The van der Waals surface area contributed by atoms with Gasteiger partial charge in [-0.05, 0) is 25.5 Å². The molecule has 25 heavy (non-hydrogen) atoms. The third-order valence-corrected chi connectivity index (χ3v) is 4.33. The predicted molar refractivity (Wildman–Crippen MR) is 85.5 cm³/mol. The van der Waals surface area contributed by atoms with Crippen molar-refractivity contribution in [2.24, 2.45) is 0 Å². The average Bonchev–Trinajstić information content (AvgIpc) is 3.04. The first-order valence-electron chi connectivity index (χ1n) is 7.90. The number of aryl methyl sites for hydroxylation is 2. The Labute approximate surface area is 143 Å². The second-order valence-electron chi connectivity index (χ2n) is 6.14. The van der Waals surface area contributed by atoms with E-state index in [1.54, 1.807) is 0 Å². The molecule has 0 spiro atoms. The highest BCUT2D eigenvalue weighted by Gasteiger charge is 2.40. The molecule has 2 aromatic rings. The van der Waals surface area contributed by atoms with Gasteiger partial charge in [0.25, 0.3) is 5.91 Å². The molecule has 134 valence electrons. The number of rotatable bonds is 2. The minimum absolute atomic E-state index is 0.342. The van der Waals surface area contributed by atoms with Crippen LogP contribution in [0.15, 0.2) is 29.0 Å². The largest absolute Gasteiger partial charge is 0.437 e. The fourth-order valence-corrected chi connectivity index (χ4v) is 3.07. The van der Waals surface area contributed by atoms with Gasteiger partial charge in [0, 0.05) is 31.9 Å². The van der Waals surface area contributed by atoms with Gasteiger partial charge < -0.3 is 14.3 Å². The Morgan fingerprint density at radius 1 is 1.16 bits per heavy atom. The molecule has 5 nitrogen and oxygen atoms in total. The summed E-state index contributed by atoms with van der Waals surface area (Å²) in [5, 5.41) is 2.93. The van der Waals surface area contributed by atoms with E-state index in [4.69, 9.17) is 0 Å². The van der Waals surface area contributed by atoms with Crippen LogP contribution in [-0.2, 0) is 6.18 Å². The van der Waals surface area contributed by atoms with E-state index in [9.17, 15) is 18.0 Å². The summed E-state index contributed by atoms with van der Waals surface area (Å²) in [4.78, 5) is 15.9. The molecular formula is C17H18F3N3O2. The van der Waals surface area contributed by atoms with Gasteiger partial charge in [-0.25, -0.2) is 0 Å². The van der Waals surface area contributed by atoms with Crippen LogP contribution >= 0.6 is 0 Å². The molecule has 0 radical (unpaired) electrons. The first-order chi connectivity index (χ1) is 11.8. The predicted octanol–water partition coefficient (Wildman–Crippen LogP) is 3.27. The number of alkyl halides is 3. The van der Waals surface area contributed by atoms with Gasteiger partial charge in [0.2, 0.25) is 0 Å². The van der Waals surface area contributed by atoms with Gasteiger partial charge >= 0.3 is 6.18 Å². The van der Waals surface area contributed by atoms with Crippen molar-refractivity contribution < 1.29 is 22.5 Å². The van der Waals surface area contributed by atoms with Crippen LogP contribution in [0.2, 0.25) is 0 Å². The maximum Gasteiger partial charge on any atom is 0.437 e. The summed E-state index contributed by atoms with van der Waals surface area (Å²) in [7, 11) is 0. The van der Waals surface area contributed by atoms with Crippen LogP contribution in [0.4, 0.5) is 18.9 Å². The maximum absolute atomic E-state index is 12.9.